The lowest BCUT2D eigenvalue weighted by Crippen LogP contribution is -2.13. The highest BCUT2D eigenvalue weighted by Crippen LogP contribution is 2.22. The second-order valence-electron chi connectivity index (χ2n) is 5.72. The summed E-state index contributed by atoms with van der Waals surface area (Å²) < 4.78 is 2.11. The first-order chi connectivity index (χ1) is 12.3. The number of imidazole rings is 1. The van der Waals surface area contributed by atoms with Gasteiger partial charge in [-0.25, -0.2) is 4.98 Å². The Morgan fingerprint density at radius 2 is 1.88 bits per heavy atom. The van der Waals surface area contributed by atoms with E-state index in [4.69, 9.17) is 4.98 Å². The molecule has 25 heavy (non-hydrogen) atoms. The lowest BCUT2D eigenvalue weighted by Gasteiger charge is -2.09. The van der Waals surface area contributed by atoms with Gasteiger partial charge in [0, 0.05) is 24.7 Å². The second kappa shape index (κ2) is 6.60. The molecule has 2 aromatic heterocycles. The first-order valence-electron chi connectivity index (χ1n) is 8.12. The molecule has 0 fully saturated rings. The van der Waals surface area contributed by atoms with Crippen LogP contribution < -0.4 is 5.32 Å². The van der Waals surface area contributed by atoms with Crippen LogP contribution >= 0.6 is 0 Å². The molecule has 2 N–H and O–H groups in total. The average molecular weight is 331 g/mol. The second-order valence-corrected chi connectivity index (χ2v) is 5.72. The quantitative estimate of drug-likeness (QED) is 0.589. The van der Waals surface area contributed by atoms with E-state index in [-0.39, 0.29) is 5.91 Å². The molecule has 2 aromatic carbocycles. The number of aromatic amines is 1. The predicted octanol–water partition coefficient (Wildman–Crippen LogP) is 3.32. The molecule has 1 amide bonds. The van der Waals surface area contributed by atoms with E-state index in [1.807, 2.05) is 54.6 Å². The molecule has 4 aromatic rings. The van der Waals surface area contributed by atoms with Crippen LogP contribution in [0, 0.1) is 0 Å². The number of para-hydroxylation sites is 3. The summed E-state index contributed by atoms with van der Waals surface area (Å²) in [5, 5.41) is 9.31. The van der Waals surface area contributed by atoms with Gasteiger partial charge in [0.15, 0.2) is 0 Å². The Kier molecular flexibility index (Phi) is 4.00. The first-order valence-corrected chi connectivity index (χ1v) is 8.12. The van der Waals surface area contributed by atoms with Gasteiger partial charge in [-0.2, -0.15) is 5.10 Å². The van der Waals surface area contributed by atoms with Crippen molar-refractivity contribution in [3.05, 3.63) is 72.8 Å². The molecule has 6 heteroatoms. The summed E-state index contributed by atoms with van der Waals surface area (Å²) in [6.45, 7) is 0. The smallest absolute Gasteiger partial charge is 0.224 e. The van der Waals surface area contributed by atoms with Crippen LogP contribution in [0.3, 0.4) is 0 Å². The van der Waals surface area contributed by atoms with Crippen molar-refractivity contribution in [3.63, 3.8) is 0 Å². The van der Waals surface area contributed by atoms with Crippen molar-refractivity contribution in [2.75, 3.05) is 5.32 Å². The fourth-order valence-electron chi connectivity index (χ4n) is 2.88. The van der Waals surface area contributed by atoms with Gasteiger partial charge in [-0.15, -0.1) is 0 Å². The number of fused-ring (bicyclic) bond motifs is 1. The Morgan fingerprint density at radius 3 is 2.68 bits per heavy atom. The Hall–Kier alpha value is -3.41. The van der Waals surface area contributed by atoms with Crippen LogP contribution in [-0.2, 0) is 11.2 Å². The van der Waals surface area contributed by atoms with Crippen LogP contribution in [-0.4, -0.2) is 25.7 Å². The summed E-state index contributed by atoms with van der Waals surface area (Å²) >= 11 is 0. The summed E-state index contributed by atoms with van der Waals surface area (Å²) in [5.74, 6) is 0.808. The van der Waals surface area contributed by atoms with Gasteiger partial charge in [0.05, 0.1) is 22.9 Å². The van der Waals surface area contributed by atoms with Gasteiger partial charge in [-0.1, -0.05) is 30.3 Å². The van der Waals surface area contributed by atoms with Crippen LogP contribution in [0.25, 0.3) is 16.7 Å². The maximum Gasteiger partial charge on any atom is 0.224 e. The monoisotopic (exact) mass is 331 g/mol. The average Bonchev–Trinajstić information content (AvgIpc) is 3.27. The molecule has 6 nitrogen and oxygen atoms in total. The van der Waals surface area contributed by atoms with E-state index < -0.39 is 0 Å². The summed E-state index contributed by atoms with van der Waals surface area (Å²) in [6.07, 6.45) is 4.13. The van der Waals surface area contributed by atoms with E-state index in [1.165, 1.54) is 0 Å². The van der Waals surface area contributed by atoms with E-state index >= 15 is 0 Å². The van der Waals surface area contributed by atoms with E-state index in [9.17, 15) is 4.79 Å². The highest BCUT2D eigenvalue weighted by atomic mass is 16.1. The molecule has 0 radical (unpaired) electrons. The fraction of sp³-hybridized carbons (Fsp3) is 0.105. The lowest BCUT2D eigenvalue weighted by molar-refractivity contribution is -0.116. The molecule has 0 aliphatic rings. The number of hydrogen-bond acceptors (Lipinski definition) is 3. The number of benzene rings is 2. The first kappa shape index (κ1) is 15.1. The number of aryl methyl sites for hydroxylation is 1. The van der Waals surface area contributed by atoms with Crippen molar-refractivity contribution in [1.82, 2.24) is 19.7 Å². The third kappa shape index (κ3) is 3.14. The molecular weight excluding hydrogens is 314 g/mol. The standard InChI is InChI=1S/C19H17N5O/c25-19(22-14-12-20-21-13-14)11-10-18-23-16-8-4-5-9-17(16)24(18)15-6-2-1-3-7-15/h1-9,12-13H,10-11H2,(H,20,21)(H,22,25). The summed E-state index contributed by atoms with van der Waals surface area (Å²) in [5.41, 5.74) is 3.68. The third-order valence-corrected chi connectivity index (χ3v) is 4.00. The van der Waals surface area contributed by atoms with Crippen molar-refractivity contribution < 1.29 is 4.79 Å². The number of anilines is 1. The van der Waals surface area contributed by atoms with Crippen molar-refractivity contribution in [1.29, 1.82) is 0 Å². The van der Waals surface area contributed by atoms with Crippen LogP contribution in [0.5, 0.6) is 0 Å². The Balaban J connectivity index is 1.62. The topological polar surface area (TPSA) is 75.6 Å². The van der Waals surface area contributed by atoms with Gasteiger partial charge in [0.2, 0.25) is 5.91 Å². The number of amides is 1. The normalized spacial score (nSPS) is 10.9. The Bertz CT molecular complexity index is 989. The zero-order chi connectivity index (χ0) is 17.1. The maximum absolute atomic E-state index is 12.2. The van der Waals surface area contributed by atoms with Crippen molar-refractivity contribution >= 4 is 22.6 Å². The molecule has 2 heterocycles. The van der Waals surface area contributed by atoms with Gasteiger partial charge in [0.25, 0.3) is 0 Å². The number of nitrogens with one attached hydrogen (secondary N) is 2. The lowest BCUT2D eigenvalue weighted by atomic mass is 10.2. The molecule has 0 atom stereocenters. The Labute approximate surface area is 144 Å². The molecule has 0 aliphatic carbocycles. The largest absolute Gasteiger partial charge is 0.323 e. The molecule has 0 unspecified atom stereocenters. The molecule has 0 spiro atoms. The van der Waals surface area contributed by atoms with Gasteiger partial charge in [-0.3, -0.25) is 14.5 Å². The number of rotatable bonds is 5. The molecule has 0 saturated heterocycles. The number of aromatic nitrogens is 4. The van der Waals surface area contributed by atoms with Crippen molar-refractivity contribution in [2.24, 2.45) is 0 Å². The Morgan fingerprint density at radius 1 is 1.08 bits per heavy atom. The van der Waals surface area contributed by atoms with E-state index in [2.05, 4.69) is 20.1 Å². The van der Waals surface area contributed by atoms with Crippen LogP contribution in [0.2, 0.25) is 0 Å². The molecule has 124 valence electrons. The van der Waals surface area contributed by atoms with E-state index in [0.717, 1.165) is 22.5 Å². The minimum Gasteiger partial charge on any atom is -0.323 e. The van der Waals surface area contributed by atoms with Gasteiger partial charge >= 0.3 is 0 Å². The molecule has 0 saturated carbocycles. The number of carbonyl (C=O) groups is 1. The summed E-state index contributed by atoms with van der Waals surface area (Å²) in [4.78, 5) is 16.9. The van der Waals surface area contributed by atoms with Gasteiger partial charge < -0.3 is 5.32 Å². The summed E-state index contributed by atoms with van der Waals surface area (Å²) in [6, 6.07) is 18.1. The minimum atomic E-state index is -0.0620. The van der Waals surface area contributed by atoms with E-state index in [1.54, 1.807) is 12.4 Å². The molecule has 0 bridgehead atoms. The third-order valence-electron chi connectivity index (χ3n) is 4.00. The number of nitrogens with zero attached hydrogens (tertiary/aromatic N) is 3. The minimum absolute atomic E-state index is 0.0620. The number of hydrogen-bond donors (Lipinski definition) is 2. The highest BCUT2D eigenvalue weighted by molar-refractivity contribution is 5.90. The molecule has 4 rings (SSSR count). The van der Waals surface area contributed by atoms with E-state index in [0.29, 0.717) is 18.5 Å². The molecule has 0 aliphatic heterocycles. The summed E-state index contributed by atoms with van der Waals surface area (Å²) in [7, 11) is 0. The molecular formula is C19H17N5O. The highest BCUT2D eigenvalue weighted by Gasteiger charge is 2.13. The number of carbonyl (C=O) groups excluding carboxylic acids is 1. The van der Waals surface area contributed by atoms with Crippen LogP contribution in [0.15, 0.2) is 67.0 Å². The zero-order valence-corrected chi connectivity index (χ0v) is 13.5. The fourth-order valence-corrected chi connectivity index (χ4v) is 2.88. The van der Waals surface area contributed by atoms with Crippen molar-refractivity contribution in [2.45, 2.75) is 12.8 Å². The SMILES string of the molecule is O=C(CCc1nc2ccccc2n1-c1ccccc1)Nc1cn[nH]c1. The zero-order valence-electron chi connectivity index (χ0n) is 13.5. The maximum atomic E-state index is 12.2. The van der Waals surface area contributed by atoms with Crippen molar-refractivity contribution in [3.8, 4) is 5.69 Å². The van der Waals surface area contributed by atoms with Crippen LogP contribution in [0.4, 0.5) is 5.69 Å². The van der Waals surface area contributed by atoms with Gasteiger partial charge in [-0.05, 0) is 24.3 Å². The van der Waals surface area contributed by atoms with Crippen LogP contribution in [0.1, 0.15) is 12.2 Å². The van der Waals surface area contributed by atoms with Gasteiger partial charge in [0.1, 0.15) is 5.82 Å². The number of H-pyrrole nitrogens is 1. The predicted molar refractivity (Wildman–Crippen MR) is 96.6 cm³/mol.